The Balaban J connectivity index is 2.22. The molecule has 0 fully saturated rings. The van der Waals surface area contributed by atoms with Gasteiger partial charge in [-0.1, -0.05) is 17.7 Å². The summed E-state index contributed by atoms with van der Waals surface area (Å²) in [5, 5.41) is 2.88. The first-order chi connectivity index (χ1) is 10.6. The van der Waals surface area contributed by atoms with Crippen LogP contribution in [0.4, 0.5) is 5.69 Å². The Kier molecular flexibility index (Phi) is 5.42. The van der Waals surface area contributed by atoms with Gasteiger partial charge >= 0.3 is 0 Å². The lowest BCUT2D eigenvalue weighted by atomic mass is 10.1. The molecule has 0 saturated heterocycles. The van der Waals surface area contributed by atoms with Crippen molar-refractivity contribution in [2.24, 2.45) is 0 Å². The minimum absolute atomic E-state index is 0.199. The molecule has 0 unspecified atom stereocenters. The normalized spacial score (nSPS) is 10.1. The van der Waals surface area contributed by atoms with Gasteiger partial charge in [-0.05, 0) is 45.0 Å². The van der Waals surface area contributed by atoms with Crippen molar-refractivity contribution in [3.05, 3.63) is 53.6 Å². The molecule has 0 aliphatic carbocycles. The molecule has 1 amide bonds. The first-order valence-corrected chi connectivity index (χ1v) is 7.41. The molecule has 2 aromatic carbocycles. The van der Waals surface area contributed by atoms with E-state index in [1.54, 1.807) is 18.2 Å². The van der Waals surface area contributed by atoms with Crippen LogP contribution in [0.2, 0.25) is 0 Å². The summed E-state index contributed by atoms with van der Waals surface area (Å²) in [6.07, 6.45) is 0. The van der Waals surface area contributed by atoms with Gasteiger partial charge in [-0.15, -0.1) is 0 Å². The van der Waals surface area contributed by atoms with Gasteiger partial charge in [0.05, 0.1) is 18.8 Å². The first-order valence-electron chi connectivity index (χ1n) is 7.41. The zero-order chi connectivity index (χ0) is 15.9. The number of hydrogen-bond donors (Lipinski definition) is 1. The van der Waals surface area contributed by atoms with E-state index in [4.69, 9.17) is 9.47 Å². The number of aryl methyl sites for hydroxylation is 1. The van der Waals surface area contributed by atoms with Crippen LogP contribution in [0.1, 0.15) is 29.8 Å². The molecule has 0 atom stereocenters. The van der Waals surface area contributed by atoms with Crippen molar-refractivity contribution in [1.82, 2.24) is 0 Å². The Morgan fingerprint density at radius 3 is 2.32 bits per heavy atom. The molecule has 0 radical (unpaired) electrons. The van der Waals surface area contributed by atoms with Crippen molar-refractivity contribution in [2.75, 3.05) is 18.5 Å². The zero-order valence-electron chi connectivity index (χ0n) is 13.2. The molecule has 4 heteroatoms. The van der Waals surface area contributed by atoms with Crippen molar-refractivity contribution in [1.29, 1.82) is 0 Å². The monoisotopic (exact) mass is 299 g/mol. The van der Waals surface area contributed by atoms with Crippen LogP contribution in [-0.4, -0.2) is 19.1 Å². The van der Waals surface area contributed by atoms with Gasteiger partial charge in [0, 0.05) is 11.8 Å². The summed E-state index contributed by atoms with van der Waals surface area (Å²) >= 11 is 0. The smallest absolute Gasteiger partial charge is 0.259 e. The molecule has 0 aliphatic rings. The topological polar surface area (TPSA) is 47.6 Å². The quantitative estimate of drug-likeness (QED) is 0.875. The largest absolute Gasteiger partial charge is 0.494 e. The number of carbonyl (C=O) groups is 1. The van der Waals surface area contributed by atoms with E-state index in [1.165, 1.54) is 0 Å². The molecule has 0 bridgehead atoms. The fourth-order valence-electron chi connectivity index (χ4n) is 2.06. The second kappa shape index (κ2) is 7.50. The average Bonchev–Trinajstić information content (AvgIpc) is 2.50. The van der Waals surface area contributed by atoms with E-state index in [2.05, 4.69) is 5.32 Å². The number of hydrogen-bond acceptors (Lipinski definition) is 3. The second-order valence-electron chi connectivity index (χ2n) is 4.84. The standard InChI is InChI=1S/C18H21NO3/c1-4-21-15-10-11-16(17(12-15)22-5-2)18(20)19-14-8-6-13(3)7-9-14/h6-12H,4-5H2,1-3H3,(H,19,20). The third kappa shape index (κ3) is 4.01. The Bertz CT molecular complexity index is 635. The maximum Gasteiger partial charge on any atom is 0.259 e. The third-order valence-electron chi connectivity index (χ3n) is 3.12. The fourth-order valence-corrected chi connectivity index (χ4v) is 2.06. The zero-order valence-corrected chi connectivity index (χ0v) is 13.2. The van der Waals surface area contributed by atoms with Crippen LogP contribution < -0.4 is 14.8 Å². The van der Waals surface area contributed by atoms with Gasteiger partial charge in [-0.25, -0.2) is 0 Å². The van der Waals surface area contributed by atoms with Crippen LogP contribution in [0, 0.1) is 6.92 Å². The highest BCUT2D eigenvalue weighted by Crippen LogP contribution is 2.26. The van der Waals surface area contributed by atoms with Crippen molar-refractivity contribution in [3.8, 4) is 11.5 Å². The van der Waals surface area contributed by atoms with Gasteiger partial charge in [-0.2, -0.15) is 0 Å². The highest BCUT2D eigenvalue weighted by atomic mass is 16.5. The van der Waals surface area contributed by atoms with E-state index in [-0.39, 0.29) is 5.91 Å². The molecule has 0 aliphatic heterocycles. The summed E-state index contributed by atoms with van der Waals surface area (Å²) in [4.78, 5) is 12.4. The summed E-state index contributed by atoms with van der Waals surface area (Å²) in [6, 6.07) is 12.9. The van der Waals surface area contributed by atoms with E-state index in [0.717, 1.165) is 11.3 Å². The van der Waals surface area contributed by atoms with E-state index in [9.17, 15) is 4.79 Å². The highest BCUT2D eigenvalue weighted by molar-refractivity contribution is 6.06. The van der Waals surface area contributed by atoms with Gasteiger partial charge in [0.1, 0.15) is 11.5 Å². The summed E-state index contributed by atoms with van der Waals surface area (Å²) < 4.78 is 11.0. The molecule has 2 rings (SSSR count). The summed E-state index contributed by atoms with van der Waals surface area (Å²) in [5.41, 5.74) is 2.40. The van der Waals surface area contributed by atoms with E-state index < -0.39 is 0 Å². The van der Waals surface area contributed by atoms with Crippen molar-refractivity contribution < 1.29 is 14.3 Å². The SMILES string of the molecule is CCOc1ccc(C(=O)Nc2ccc(C)cc2)c(OCC)c1. The molecule has 116 valence electrons. The molecule has 0 heterocycles. The van der Waals surface area contributed by atoms with Gasteiger partial charge in [0.15, 0.2) is 0 Å². The van der Waals surface area contributed by atoms with Gasteiger partial charge in [0.25, 0.3) is 5.91 Å². The molecule has 4 nitrogen and oxygen atoms in total. The molecule has 0 spiro atoms. The molecule has 1 N–H and O–H groups in total. The fraction of sp³-hybridized carbons (Fsp3) is 0.278. The minimum atomic E-state index is -0.199. The molecule has 0 saturated carbocycles. The van der Waals surface area contributed by atoms with Gasteiger partial charge in [0.2, 0.25) is 0 Å². The number of carbonyl (C=O) groups excluding carboxylic acids is 1. The predicted octanol–water partition coefficient (Wildman–Crippen LogP) is 4.04. The van der Waals surface area contributed by atoms with Crippen LogP contribution in [0.3, 0.4) is 0 Å². The van der Waals surface area contributed by atoms with Crippen LogP contribution in [0.5, 0.6) is 11.5 Å². The van der Waals surface area contributed by atoms with Crippen LogP contribution in [-0.2, 0) is 0 Å². The first kappa shape index (κ1) is 15.9. The van der Waals surface area contributed by atoms with Crippen LogP contribution in [0.15, 0.2) is 42.5 Å². The number of rotatable bonds is 6. The highest BCUT2D eigenvalue weighted by Gasteiger charge is 2.14. The summed E-state index contributed by atoms with van der Waals surface area (Å²) in [6.45, 7) is 6.86. The number of benzene rings is 2. The van der Waals surface area contributed by atoms with Gasteiger partial charge in [-0.3, -0.25) is 4.79 Å². The van der Waals surface area contributed by atoms with Crippen molar-refractivity contribution in [2.45, 2.75) is 20.8 Å². The van der Waals surface area contributed by atoms with Gasteiger partial charge < -0.3 is 14.8 Å². The maximum absolute atomic E-state index is 12.4. The lowest BCUT2D eigenvalue weighted by molar-refractivity contribution is 0.102. The molecule has 2 aromatic rings. The maximum atomic E-state index is 12.4. The van der Waals surface area contributed by atoms with Crippen LogP contribution >= 0.6 is 0 Å². The lowest BCUT2D eigenvalue weighted by Gasteiger charge is -2.13. The Hall–Kier alpha value is -2.49. The summed E-state index contributed by atoms with van der Waals surface area (Å²) in [5.74, 6) is 1.02. The Labute approximate surface area is 131 Å². The minimum Gasteiger partial charge on any atom is -0.494 e. The lowest BCUT2D eigenvalue weighted by Crippen LogP contribution is -2.13. The van der Waals surface area contributed by atoms with E-state index in [0.29, 0.717) is 30.3 Å². The number of ether oxygens (including phenoxy) is 2. The number of amides is 1. The van der Waals surface area contributed by atoms with Crippen LogP contribution in [0.25, 0.3) is 0 Å². The molecular formula is C18H21NO3. The number of nitrogens with one attached hydrogen (secondary N) is 1. The average molecular weight is 299 g/mol. The predicted molar refractivity (Wildman–Crippen MR) is 87.9 cm³/mol. The van der Waals surface area contributed by atoms with Crippen molar-refractivity contribution >= 4 is 11.6 Å². The third-order valence-corrected chi connectivity index (χ3v) is 3.12. The molecular weight excluding hydrogens is 278 g/mol. The van der Waals surface area contributed by atoms with Crippen molar-refractivity contribution in [3.63, 3.8) is 0 Å². The number of anilines is 1. The van der Waals surface area contributed by atoms with E-state index >= 15 is 0 Å². The second-order valence-corrected chi connectivity index (χ2v) is 4.84. The summed E-state index contributed by atoms with van der Waals surface area (Å²) in [7, 11) is 0. The molecule has 22 heavy (non-hydrogen) atoms. The molecule has 0 aromatic heterocycles. The Morgan fingerprint density at radius 1 is 1.00 bits per heavy atom. The van der Waals surface area contributed by atoms with E-state index in [1.807, 2.05) is 45.0 Å². The Morgan fingerprint density at radius 2 is 1.68 bits per heavy atom.